The van der Waals surface area contributed by atoms with E-state index in [4.69, 9.17) is 13.8 Å². The van der Waals surface area contributed by atoms with Crippen LogP contribution in [0.25, 0.3) is 0 Å². The van der Waals surface area contributed by atoms with E-state index in [0.717, 1.165) is 0 Å². The summed E-state index contributed by atoms with van der Waals surface area (Å²) in [5.74, 6) is -1.84. The van der Waals surface area contributed by atoms with Gasteiger partial charge < -0.3 is 20.1 Å². The van der Waals surface area contributed by atoms with Crippen LogP contribution in [0.2, 0.25) is 0 Å². The highest BCUT2D eigenvalue weighted by atomic mass is 31.2. The Labute approximate surface area is 180 Å². The number of esters is 2. The van der Waals surface area contributed by atoms with E-state index >= 15 is 0 Å². The lowest BCUT2D eigenvalue weighted by Gasteiger charge is -2.40. The van der Waals surface area contributed by atoms with Crippen LogP contribution in [0, 0.1) is 5.41 Å². The number of carbonyl (C=O) groups is 4. The maximum Gasteiger partial charge on any atom is 0.407 e. The van der Waals surface area contributed by atoms with E-state index in [1.807, 2.05) is 0 Å². The summed E-state index contributed by atoms with van der Waals surface area (Å²) in [6, 6.07) is -1.30. The Hall–Kier alpha value is -2.01. The van der Waals surface area contributed by atoms with E-state index in [0.29, 0.717) is 12.8 Å². The molecule has 0 aliphatic carbocycles. The summed E-state index contributed by atoms with van der Waals surface area (Å²) >= 11 is 0. The van der Waals surface area contributed by atoms with Crippen molar-refractivity contribution in [3.63, 3.8) is 0 Å². The Morgan fingerprint density at radius 2 is 2.06 bits per heavy atom. The van der Waals surface area contributed by atoms with Gasteiger partial charge in [-0.2, -0.15) is 0 Å². The molecule has 0 aromatic rings. The Bertz CT molecular complexity index is 758. The monoisotopic (exact) mass is 463 g/mol. The lowest BCUT2D eigenvalue weighted by atomic mass is 9.87. The molecular weight excluding hydrogens is 433 g/mol. The molecule has 2 rings (SSSR count). The number of ether oxygens (including phenoxy) is 2. The highest BCUT2D eigenvalue weighted by molar-refractivity contribution is 7.51. The van der Waals surface area contributed by atoms with Gasteiger partial charge in [-0.3, -0.25) is 28.2 Å². The minimum Gasteiger partial charge on any atom is -0.469 e. The average Bonchev–Trinajstić information content (AvgIpc) is 3.13. The molecule has 2 aliphatic heterocycles. The standard InChI is InChI=1S/C18H30N3O9P/c1-11(17(25)28-9-12-5-6-13(22)20-12)21-31(26)29-10-18(2,3)15(30-31)16(24)19-8-7-14(23)27-4/h11-12,15H,5-10H2,1-4H3,(H,19,24)(H,20,22)(H,21,26)/t11?,12-,15+,31?/m1/s1. The first-order chi connectivity index (χ1) is 14.5. The lowest BCUT2D eigenvalue weighted by molar-refractivity contribution is -0.146. The smallest absolute Gasteiger partial charge is 0.407 e. The highest BCUT2D eigenvalue weighted by Crippen LogP contribution is 2.53. The largest absolute Gasteiger partial charge is 0.469 e. The molecule has 2 unspecified atom stereocenters. The van der Waals surface area contributed by atoms with Crippen LogP contribution in [0.3, 0.4) is 0 Å². The highest BCUT2D eigenvalue weighted by Gasteiger charge is 2.49. The van der Waals surface area contributed by atoms with Gasteiger partial charge in [0.15, 0.2) is 6.10 Å². The van der Waals surface area contributed by atoms with Crippen LogP contribution < -0.4 is 15.7 Å². The molecule has 3 N–H and O–H groups in total. The molecule has 2 aliphatic rings. The van der Waals surface area contributed by atoms with Crippen LogP contribution >= 0.6 is 7.75 Å². The van der Waals surface area contributed by atoms with Gasteiger partial charge in [0.05, 0.1) is 26.2 Å². The van der Waals surface area contributed by atoms with Gasteiger partial charge in [-0.25, -0.2) is 9.65 Å². The van der Waals surface area contributed by atoms with Gasteiger partial charge in [0.25, 0.3) is 0 Å². The van der Waals surface area contributed by atoms with E-state index in [1.54, 1.807) is 13.8 Å². The second-order valence-corrected chi connectivity index (χ2v) is 9.87. The van der Waals surface area contributed by atoms with Crippen molar-refractivity contribution in [1.29, 1.82) is 0 Å². The zero-order valence-electron chi connectivity index (χ0n) is 18.1. The minimum atomic E-state index is -4.00. The summed E-state index contributed by atoms with van der Waals surface area (Å²) in [4.78, 5) is 47.2. The van der Waals surface area contributed by atoms with Gasteiger partial charge in [0, 0.05) is 18.4 Å². The number of nitrogens with one attached hydrogen (secondary N) is 3. The van der Waals surface area contributed by atoms with Crippen molar-refractivity contribution in [2.24, 2.45) is 5.41 Å². The quantitative estimate of drug-likeness (QED) is 0.314. The maximum atomic E-state index is 13.0. The molecule has 0 aromatic carbocycles. The number of carbonyl (C=O) groups excluding carboxylic acids is 4. The molecular formula is C18H30N3O9P. The number of hydrogen-bond donors (Lipinski definition) is 3. The van der Waals surface area contributed by atoms with Gasteiger partial charge in [0.2, 0.25) is 11.8 Å². The van der Waals surface area contributed by atoms with Crippen LogP contribution in [-0.2, 0) is 42.3 Å². The van der Waals surface area contributed by atoms with Crippen molar-refractivity contribution in [3.8, 4) is 0 Å². The third-order valence-corrected chi connectivity index (χ3v) is 6.53. The molecule has 0 bridgehead atoms. The third-order valence-electron chi connectivity index (χ3n) is 4.87. The van der Waals surface area contributed by atoms with Crippen molar-refractivity contribution in [2.75, 3.05) is 26.9 Å². The maximum absolute atomic E-state index is 13.0. The van der Waals surface area contributed by atoms with Crippen molar-refractivity contribution >= 4 is 31.5 Å². The molecule has 0 spiro atoms. The molecule has 0 aromatic heterocycles. The molecule has 13 heteroatoms. The molecule has 2 amide bonds. The zero-order chi connectivity index (χ0) is 23.2. The van der Waals surface area contributed by atoms with Crippen LogP contribution in [0.5, 0.6) is 0 Å². The number of hydrogen-bond acceptors (Lipinski definition) is 9. The molecule has 31 heavy (non-hydrogen) atoms. The Balaban J connectivity index is 1.90. The first-order valence-electron chi connectivity index (χ1n) is 9.97. The fraction of sp³-hybridized carbons (Fsp3) is 0.778. The molecule has 176 valence electrons. The summed E-state index contributed by atoms with van der Waals surface area (Å²) < 4.78 is 33.5. The van der Waals surface area contributed by atoms with Gasteiger partial charge >= 0.3 is 19.7 Å². The molecule has 4 atom stereocenters. The Kier molecular flexibility index (Phi) is 8.58. The summed E-state index contributed by atoms with van der Waals surface area (Å²) in [7, 11) is -2.76. The van der Waals surface area contributed by atoms with Crippen LogP contribution in [0.4, 0.5) is 0 Å². The van der Waals surface area contributed by atoms with Crippen LogP contribution in [0.15, 0.2) is 0 Å². The molecule has 12 nitrogen and oxygen atoms in total. The first kappa shape index (κ1) is 25.3. The van der Waals surface area contributed by atoms with E-state index in [1.165, 1.54) is 14.0 Å². The van der Waals surface area contributed by atoms with Crippen molar-refractivity contribution in [3.05, 3.63) is 0 Å². The van der Waals surface area contributed by atoms with Crippen molar-refractivity contribution in [2.45, 2.75) is 58.2 Å². The van der Waals surface area contributed by atoms with Crippen molar-refractivity contribution in [1.82, 2.24) is 15.7 Å². The number of methoxy groups -OCH3 is 1. The van der Waals surface area contributed by atoms with Crippen LogP contribution in [-0.4, -0.2) is 68.8 Å². The van der Waals surface area contributed by atoms with Gasteiger partial charge in [0.1, 0.15) is 12.6 Å². The third kappa shape index (κ3) is 7.27. The predicted molar refractivity (Wildman–Crippen MR) is 107 cm³/mol. The lowest BCUT2D eigenvalue weighted by Crippen LogP contribution is -2.51. The molecule has 0 radical (unpaired) electrons. The van der Waals surface area contributed by atoms with Gasteiger partial charge in [-0.05, 0) is 13.3 Å². The summed E-state index contributed by atoms with van der Waals surface area (Å²) in [5, 5.41) is 7.70. The molecule has 2 fully saturated rings. The first-order valence-corrected chi connectivity index (χ1v) is 11.5. The minimum absolute atomic E-state index is 0.000859. The van der Waals surface area contributed by atoms with Gasteiger partial charge in [-0.15, -0.1) is 0 Å². The van der Waals surface area contributed by atoms with Crippen molar-refractivity contribution < 1.29 is 42.3 Å². The predicted octanol–water partition coefficient (Wildman–Crippen LogP) is 0.0153. The van der Waals surface area contributed by atoms with E-state index in [2.05, 4.69) is 20.5 Å². The summed E-state index contributed by atoms with van der Waals surface area (Å²) in [6.07, 6.45) is -0.215. The van der Waals surface area contributed by atoms with Gasteiger partial charge in [-0.1, -0.05) is 13.8 Å². The molecule has 0 saturated carbocycles. The summed E-state index contributed by atoms with van der Waals surface area (Å²) in [6.45, 7) is 4.79. The fourth-order valence-electron chi connectivity index (χ4n) is 2.99. The van der Waals surface area contributed by atoms with E-state index in [-0.39, 0.29) is 38.1 Å². The number of rotatable bonds is 9. The average molecular weight is 463 g/mol. The SMILES string of the molecule is COC(=O)CCNC(=O)[C@@H]1OP(=O)(NC(C)C(=O)OC[C@H]2CCC(=O)N2)OCC1(C)C. The zero-order valence-corrected chi connectivity index (χ0v) is 19.0. The second kappa shape index (κ2) is 10.5. The normalized spacial score (nSPS) is 28.3. The van der Waals surface area contributed by atoms with Crippen LogP contribution in [0.1, 0.15) is 40.0 Å². The molecule has 2 saturated heterocycles. The topological polar surface area (TPSA) is 158 Å². The Morgan fingerprint density at radius 1 is 1.35 bits per heavy atom. The second-order valence-electron chi connectivity index (χ2n) is 8.15. The number of amides is 2. The summed E-state index contributed by atoms with van der Waals surface area (Å²) in [5.41, 5.74) is -0.810. The molecule has 2 heterocycles. The van der Waals surface area contributed by atoms with E-state index in [9.17, 15) is 23.7 Å². The van der Waals surface area contributed by atoms with E-state index < -0.39 is 43.2 Å². The Morgan fingerprint density at radius 3 is 2.68 bits per heavy atom. The fourth-order valence-corrected chi connectivity index (χ4v) is 4.93.